The Morgan fingerprint density at radius 2 is 2.04 bits per heavy atom. The number of hydrogen-bond acceptors (Lipinski definition) is 3. The number of carbonyl (C=O) groups is 1. The van der Waals surface area contributed by atoms with Crippen molar-refractivity contribution < 1.29 is 18.0 Å². The Kier molecular flexibility index (Phi) is 4.42. The fraction of sp³-hybridized carbons (Fsp3) is 0.312. The molecule has 0 saturated carbocycles. The molecule has 1 aromatic carbocycles. The zero-order valence-corrected chi connectivity index (χ0v) is 13.9. The van der Waals surface area contributed by atoms with Gasteiger partial charge in [0.25, 0.3) is 5.91 Å². The molecule has 0 radical (unpaired) electrons. The average molecular weight is 357 g/mol. The maximum absolute atomic E-state index is 12.8. The molecule has 1 atom stereocenters. The van der Waals surface area contributed by atoms with Crippen molar-refractivity contribution in [2.75, 3.05) is 12.3 Å². The summed E-state index contributed by atoms with van der Waals surface area (Å²) in [6, 6.07) is 8.61. The van der Waals surface area contributed by atoms with Gasteiger partial charge in [0.1, 0.15) is 5.37 Å². The Hall–Kier alpha value is -1.47. The van der Waals surface area contributed by atoms with Crippen LogP contribution in [0.5, 0.6) is 0 Å². The van der Waals surface area contributed by atoms with Crippen molar-refractivity contribution >= 4 is 29.0 Å². The molecule has 1 aromatic heterocycles. The van der Waals surface area contributed by atoms with Gasteiger partial charge in [-0.1, -0.05) is 6.07 Å². The topological polar surface area (TPSA) is 20.3 Å². The molecule has 2 aromatic rings. The number of amides is 1. The second-order valence-electron chi connectivity index (χ2n) is 5.25. The molecule has 2 heterocycles. The minimum atomic E-state index is -4.44. The van der Waals surface area contributed by atoms with Crippen molar-refractivity contribution in [3.8, 4) is 0 Å². The van der Waals surface area contributed by atoms with Crippen LogP contribution in [0.15, 0.2) is 36.4 Å². The molecular formula is C16H14F3NOS2. The molecule has 23 heavy (non-hydrogen) atoms. The van der Waals surface area contributed by atoms with Gasteiger partial charge < -0.3 is 4.90 Å². The van der Waals surface area contributed by atoms with Crippen LogP contribution in [0.1, 0.15) is 31.0 Å². The summed E-state index contributed by atoms with van der Waals surface area (Å²) in [5.74, 6) is 0.434. The molecule has 0 N–H and O–H groups in total. The number of aryl methyl sites for hydroxylation is 1. The van der Waals surface area contributed by atoms with Gasteiger partial charge in [-0.2, -0.15) is 13.2 Å². The number of thiophene rings is 1. The van der Waals surface area contributed by atoms with Crippen LogP contribution in [0.4, 0.5) is 13.2 Å². The lowest BCUT2D eigenvalue weighted by atomic mass is 10.1. The van der Waals surface area contributed by atoms with E-state index in [-0.39, 0.29) is 16.8 Å². The summed E-state index contributed by atoms with van der Waals surface area (Å²) < 4.78 is 38.5. The second-order valence-corrected chi connectivity index (χ2v) is 7.76. The predicted octanol–water partition coefficient (Wildman–Crippen LogP) is 4.96. The Balaban J connectivity index is 1.87. The lowest BCUT2D eigenvalue weighted by molar-refractivity contribution is -0.137. The van der Waals surface area contributed by atoms with Crippen LogP contribution >= 0.6 is 23.1 Å². The number of nitrogens with zero attached hydrogens (tertiary/aromatic N) is 1. The molecule has 7 heteroatoms. The third-order valence-electron chi connectivity index (χ3n) is 3.59. The zero-order valence-electron chi connectivity index (χ0n) is 12.3. The number of carbonyl (C=O) groups excluding carboxylic acids is 1. The molecule has 1 aliphatic rings. The van der Waals surface area contributed by atoms with Crippen LogP contribution in [0.2, 0.25) is 0 Å². The highest BCUT2D eigenvalue weighted by atomic mass is 32.2. The SMILES string of the molecule is Cc1ccc(C2SCCN2C(=O)c2cccc(C(F)(F)F)c2)s1. The van der Waals surface area contributed by atoms with Gasteiger partial charge in [0, 0.05) is 27.6 Å². The highest BCUT2D eigenvalue weighted by Crippen LogP contribution is 2.41. The first-order valence-corrected chi connectivity index (χ1v) is 8.89. The minimum absolute atomic E-state index is 0.0839. The average Bonchev–Trinajstić information content (AvgIpc) is 3.14. The number of alkyl halides is 3. The van der Waals surface area contributed by atoms with Crippen LogP contribution in [-0.2, 0) is 6.18 Å². The highest BCUT2D eigenvalue weighted by Gasteiger charge is 2.34. The van der Waals surface area contributed by atoms with E-state index in [0.29, 0.717) is 6.54 Å². The zero-order chi connectivity index (χ0) is 16.6. The maximum atomic E-state index is 12.8. The Labute approximate surface area is 140 Å². The fourth-order valence-electron chi connectivity index (χ4n) is 2.49. The molecule has 1 amide bonds. The lowest BCUT2D eigenvalue weighted by Crippen LogP contribution is -2.30. The summed E-state index contributed by atoms with van der Waals surface area (Å²) in [6.07, 6.45) is -4.44. The predicted molar refractivity (Wildman–Crippen MR) is 86.7 cm³/mol. The molecule has 3 rings (SSSR count). The number of rotatable bonds is 2. The maximum Gasteiger partial charge on any atom is 0.416 e. The first-order chi connectivity index (χ1) is 10.9. The number of benzene rings is 1. The summed E-state index contributed by atoms with van der Waals surface area (Å²) in [4.78, 5) is 16.5. The van der Waals surface area contributed by atoms with Crippen LogP contribution in [0, 0.1) is 6.92 Å². The minimum Gasteiger partial charge on any atom is -0.321 e. The first-order valence-electron chi connectivity index (χ1n) is 7.02. The van der Waals surface area contributed by atoms with E-state index in [4.69, 9.17) is 0 Å². The van der Waals surface area contributed by atoms with Crippen molar-refractivity contribution in [3.63, 3.8) is 0 Å². The van der Waals surface area contributed by atoms with Crippen molar-refractivity contribution in [1.82, 2.24) is 4.90 Å². The molecule has 2 nitrogen and oxygen atoms in total. The van der Waals surface area contributed by atoms with E-state index in [1.54, 1.807) is 28.0 Å². The molecular weight excluding hydrogens is 343 g/mol. The standard InChI is InChI=1S/C16H14F3NOS2/c1-10-5-6-13(23-10)15-20(7-8-22-15)14(21)11-3-2-4-12(9-11)16(17,18)19/h2-6,9,15H,7-8H2,1H3. The summed E-state index contributed by atoms with van der Waals surface area (Å²) >= 11 is 3.26. The van der Waals surface area contributed by atoms with E-state index in [1.807, 2.05) is 19.1 Å². The number of halogens is 3. The molecule has 0 spiro atoms. The number of hydrogen-bond donors (Lipinski definition) is 0. The Morgan fingerprint density at radius 1 is 1.26 bits per heavy atom. The van der Waals surface area contributed by atoms with E-state index in [2.05, 4.69) is 0 Å². The molecule has 1 fully saturated rings. The fourth-order valence-corrected chi connectivity index (χ4v) is 4.86. The summed E-state index contributed by atoms with van der Waals surface area (Å²) in [7, 11) is 0. The van der Waals surface area contributed by atoms with Crippen LogP contribution in [0.25, 0.3) is 0 Å². The van der Waals surface area contributed by atoms with E-state index < -0.39 is 11.7 Å². The summed E-state index contributed by atoms with van der Waals surface area (Å²) in [5, 5.41) is -0.115. The van der Waals surface area contributed by atoms with Gasteiger partial charge in [-0.3, -0.25) is 4.79 Å². The van der Waals surface area contributed by atoms with Gasteiger partial charge in [-0.05, 0) is 37.3 Å². The van der Waals surface area contributed by atoms with E-state index in [9.17, 15) is 18.0 Å². The van der Waals surface area contributed by atoms with Crippen molar-refractivity contribution in [2.24, 2.45) is 0 Å². The second kappa shape index (κ2) is 6.20. The molecule has 1 unspecified atom stereocenters. The van der Waals surface area contributed by atoms with E-state index in [0.717, 1.165) is 27.6 Å². The third-order valence-corrected chi connectivity index (χ3v) is 6.04. The van der Waals surface area contributed by atoms with E-state index in [1.165, 1.54) is 12.1 Å². The lowest BCUT2D eigenvalue weighted by Gasteiger charge is -2.23. The van der Waals surface area contributed by atoms with E-state index >= 15 is 0 Å². The van der Waals surface area contributed by atoms with Gasteiger partial charge in [0.15, 0.2) is 0 Å². The van der Waals surface area contributed by atoms with Crippen molar-refractivity contribution in [3.05, 3.63) is 57.3 Å². The first kappa shape index (κ1) is 16.4. The van der Waals surface area contributed by atoms with Gasteiger partial charge in [0.2, 0.25) is 0 Å². The number of thioether (sulfide) groups is 1. The smallest absolute Gasteiger partial charge is 0.321 e. The molecule has 1 saturated heterocycles. The largest absolute Gasteiger partial charge is 0.416 e. The summed E-state index contributed by atoms with van der Waals surface area (Å²) in [5.41, 5.74) is -0.709. The van der Waals surface area contributed by atoms with Gasteiger partial charge in [0.05, 0.1) is 5.56 Å². The summed E-state index contributed by atoms with van der Waals surface area (Å²) in [6.45, 7) is 2.54. The molecule has 122 valence electrons. The van der Waals surface area contributed by atoms with Gasteiger partial charge in [-0.25, -0.2) is 0 Å². The quantitative estimate of drug-likeness (QED) is 0.757. The van der Waals surface area contributed by atoms with Crippen LogP contribution in [0.3, 0.4) is 0 Å². The highest BCUT2D eigenvalue weighted by molar-refractivity contribution is 7.99. The van der Waals surface area contributed by atoms with Gasteiger partial charge >= 0.3 is 6.18 Å². The third kappa shape index (κ3) is 3.40. The van der Waals surface area contributed by atoms with Crippen LogP contribution in [-0.4, -0.2) is 23.1 Å². The van der Waals surface area contributed by atoms with Gasteiger partial charge in [-0.15, -0.1) is 23.1 Å². The molecule has 0 bridgehead atoms. The van der Waals surface area contributed by atoms with Crippen LogP contribution < -0.4 is 0 Å². The normalized spacial score (nSPS) is 18.4. The monoisotopic (exact) mass is 357 g/mol. The van der Waals surface area contributed by atoms with Crippen molar-refractivity contribution in [2.45, 2.75) is 18.5 Å². The Morgan fingerprint density at radius 3 is 2.70 bits per heavy atom. The molecule has 1 aliphatic heterocycles. The Bertz CT molecular complexity index is 726. The molecule has 0 aliphatic carbocycles. The van der Waals surface area contributed by atoms with Crippen molar-refractivity contribution in [1.29, 1.82) is 0 Å².